The number of benzene rings is 1. The van der Waals surface area contributed by atoms with Crippen molar-refractivity contribution >= 4 is 40.4 Å². The fourth-order valence-electron chi connectivity index (χ4n) is 6.94. The van der Waals surface area contributed by atoms with E-state index in [2.05, 4.69) is 21.3 Å². The largest absolute Gasteiger partial charge is 0.417 e. The van der Waals surface area contributed by atoms with Gasteiger partial charge >= 0.3 is 0 Å². The molecule has 0 spiro atoms. The van der Waals surface area contributed by atoms with Crippen molar-refractivity contribution in [1.82, 2.24) is 30.9 Å². The van der Waals surface area contributed by atoms with Gasteiger partial charge in [-0.1, -0.05) is 64.7 Å². The maximum absolute atomic E-state index is 14.1. The Morgan fingerprint density at radius 1 is 0.958 bits per heavy atom. The summed E-state index contributed by atoms with van der Waals surface area (Å²) < 4.78 is 1.62. The number of unbranched alkanes of at least 4 members (excludes halogenated alkanes) is 2. The molecule has 48 heavy (non-hydrogen) atoms. The SMILES string of the molecule is CCC(CCCCC[C@@H]1NC(=O)[C@H]2CCCCN2C(=O)[C@H](C(C)CC)NC(=O)[C@H](Cc2cn(OC)c3ccccc23)NC1=O)NC(C)=O. The van der Waals surface area contributed by atoms with Gasteiger partial charge in [-0.3, -0.25) is 24.0 Å². The minimum atomic E-state index is -1.01. The average molecular weight is 667 g/mol. The fourth-order valence-corrected chi connectivity index (χ4v) is 6.94. The molecule has 0 saturated carbocycles. The molecule has 4 rings (SSSR count). The van der Waals surface area contributed by atoms with Crippen molar-refractivity contribution in [1.29, 1.82) is 0 Å². The summed E-state index contributed by atoms with van der Waals surface area (Å²) in [6.45, 7) is 7.86. The monoisotopic (exact) mass is 666 g/mol. The van der Waals surface area contributed by atoms with Crippen molar-refractivity contribution < 1.29 is 28.8 Å². The highest BCUT2D eigenvalue weighted by Gasteiger charge is 2.41. The van der Waals surface area contributed by atoms with Crippen molar-refractivity contribution in [3.05, 3.63) is 36.0 Å². The molecule has 6 atom stereocenters. The van der Waals surface area contributed by atoms with Crippen LogP contribution in [0, 0.1) is 5.92 Å². The zero-order valence-electron chi connectivity index (χ0n) is 29.2. The number of carbonyl (C=O) groups excluding carboxylic acids is 5. The molecule has 3 heterocycles. The lowest BCUT2D eigenvalue weighted by Gasteiger charge is -2.39. The van der Waals surface area contributed by atoms with Crippen LogP contribution in [0.15, 0.2) is 30.5 Å². The van der Waals surface area contributed by atoms with E-state index in [1.807, 2.05) is 45.0 Å². The Kier molecular flexibility index (Phi) is 13.3. The van der Waals surface area contributed by atoms with Crippen LogP contribution in [0.1, 0.15) is 97.5 Å². The number of fused-ring (bicyclic) bond motifs is 2. The van der Waals surface area contributed by atoms with Crippen LogP contribution >= 0.6 is 0 Å². The number of carbonyl (C=O) groups is 5. The Bertz CT molecular complexity index is 1440. The molecule has 4 N–H and O–H groups in total. The third-order valence-corrected chi connectivity index (χ3v) is 9.96. The van der Waals surface area contributed by atoms with Gasteiger partial charge in [-0.25, -0.2) is 0 Å². The molecule has 12 heteroatoms. The smallest absolute Gasteiger partial charge is 0.246 e. The number of nitrogens with one attached hydrogen (secondary N) is 4. The highest BCUT2D eigenvalue weighted by atomic mass is 16.6. The van der Waals surface area contributed by atoms with Crippen LogP contribution in [0.25, 0.3) is 10.9 Å². The van der Waals surface area contributed by atoms with Crippen molar-refractivity contribution in [2.24, 2.45) is 5.92 Å². The van der Waals surface area contributed by atoms with E-state index in [0.717, 1.165) is 55.0 Å². The zero-order chi connectivity index (χ0) is 34.8. The average Bonchev–Trinajstić information content (AvgIpc) is 3.44. The van der Waals surface area contributed by atoms with Gasteiger partial charge in [-0.05, 0) is 56.1 Å². The van der Waals surface area contributed by atoms with E-state index in [1.165, 1.54) is 6.92 Å². The third kappa shape index (κ3) is 9.08. The standard InChI is InChI=1S/C36H54N6O6/c1-6-23(3)32-36(47)41-20-14-13-19-31(41)35(46)38-28(17-10-8-9-15-26(7-2)37-24(4)43)33(44)39-29(34(45)40-32)21-25-22-42(48-5)30-18-12-11-16-27(25)30/h11-12,16,18,22-23,26,28-29,31-32H,6-10,13-15,17,19-21H2,1-5H3,(H,37,43)(H,38,46)(H,39,44)(H,40,45)/t23?,26?,28-,29-,31+,32-/m0/s1. The second kappa shape index (κ2) is 17.3. The van der Waals surface area contributed by atoms with Gasteiger partial charge in [0.15, 0.2) is 0 Å². The quantitative estimate of drug-likeness (QED) is 0.242. The highest BCUT2D eigenvalue weighted by molar-refractivity contribution is 5.98. The van der Waals surface area contributed by atoms with Gasteiger partial charge in [0.25, 0.3) is 0 Å². The van der Waals surface area contributed by atoms with Crippen LogP contribution in [0.3, 0.4) is 0 Å². The summed E-state index contributed by atoms with van der Waals surface area (Å²) in [7, 11) is 1.56. The van der Waals surface area contributed by atoms with Crippen LogP contribution in [0.4, 0.5) is 0 Å². The van der Waals surface area contributed by atoms with Crippen LogP contribution < -0.4 is 26.1 Å². The Labute approximate surface area is 284 Å². The summed E-state index contributed by atoms with van der Waals surface area (Å²) in [5.41, 5.74) is 1.63. The van der Waals surface area contributed by atoms with Gasteiger partial charge < -0.3 is 31.0 Å². The Morgan fingerprint density at radius 3 is 2.40 bits per heavy atom. The van der Waals surface area contributed by atoms with E-state index in [1.54, 1.807) is 22.9 Å². The van der Waals surface area contributed by atoms with Gasteiger partial charge in [-0.2, -0.15) is 4.73 Å². The molecule has 0 bridgehead atoms. The second-order valence-corrected chi connectivity index (χ2v) is 13.4. The summed E-state index contributed by atoms with van der Waals surface area (Å²) in [4.78, 5) is 74.7. The van der Waals surface area contributed by atoms with E-state index < -0.39 is 36.0 Å². The molecule has 12 nitrogen and oxygen atoms in total. The summed E-state index contributed by atoms with van der Waals surface area (Å²) in [5, 5.41) is 12.8. The number of para-hydroxylation sites is 1. The molecule has 2 saturated heterocycles. The predicted octanol–water partition coefficient (Wildman–Crippen LogP) is 3.00. The van der Waals surface area contributed by atoms with Crippen LogP contribution in [0.5, 0.6) is 0 Å². The lowest BCUT2D eigenvalue weighted by molar-refractivity contribution is -0.147. The van der Waals surface area contributed by atoms with Crippen LogP contribution in [0.2, 0.25) is 0 Å². The van der Waals surface area contributed by atoms with Gasteiger partial charge in [0.1, 0.15) is 31.3 Å². The number of amides is 5. The minimum Gasteiger partial charge on any atom is -0.417 e. The Balaban J connectivity index is 1.62. The predicted molar refractivity (Wildman–Crippen MR) is 184 cm³/mol. The van der Waals surface area contributed by atoms with E-state index in [0.29, 0.717) is 32.2 Å². The number of hydrogen-bond donors (Lipinski definition) is 4. The molecule has 2 aliphatic heterocycles. The van der Waals surface area contributed by atoms with Crippen molar-refractivity contribution in [2.45, 2.75) is 129 Å². The molecule has 2 unspecified atom stereocenters. The molecule has 1 aromatic carbocycles. The molecule has 5 amide bonds. The van der Waals surface area contributed by atoms with Crippen molar-refractivity contribution in [3.8, 4) is 0 Å². The van der Waals surface area contributed by atoms with E-state index >= 15 is 0 Å². The molecule has 1 aromatic heterocycles. The van der Waals surface area contributed by atoms with E-state index in [9.17, 15) is 24.0 Å². The number of aromatic nitrogens is 1. The molecule has 264 valence electrons. The highest BCUT2D eigenvalue weighted by Crippen LogP contribution is 2.24. The molecule has 2 aromatic rings. The van der Waals surface area contributed by atoms with E-state index in [-0.39, 0.29) is 36.1 Å². The van der Waals surface area contributed by atoms with Gasteiger partial charge in [-0.15, -0.1) is 0 Å². The van der Waals surface area contributed by atoms with Crippen LogP contribution in [-0.4, -0.2) is 83.0 Å². The molecular weight excluding hydrogens is 612 g/mol. The first-order valence-electron chi connectivity index (χ1n) is 17.7. The summed E-state index contributed by atoms with van der Waals surface area (Å²) in [6, 6.07) is 4.33. The van der Waals surface area contributed by atoms with Gasteiger partial charge in [0.05, 0.1) is 5.52 Å². The number of piperidine rings is 1. The Morgan fingerprint density at radius 2 is 1.69 bits per heavy atom. The first-order chi connectivity index (χ1) is 23.1. The summed E-state index contributed by atoms with van der Waals surface area (Å²) in [6.07, 6.45) is 9.04. The fraction of sp³-hybridized carbons (Fsp3) is 0.639. The lowest BCUT2D eigenvalue weighted by Crippen LogP contribution is -2.64. The third-order valence-electron chi connectivity index (χ3n) is 9.96. The minimum absolute atomic E-state index is 0.0504. The van der Waals surface area contributed by atoms with Gasteiger partial charge in [0.2, 0.25) is 29.5 Å². The molecule has 0 aliphatic carbocycles. The lowest BCUT2D eigenvalue weighted by atomic mass is 9.93. The second-order valence-electron chi connectivity index (χ2n) is 13.4. The summed E-state index contributed by atoms with van der Waals surface area (Å²) >= 11 is 0. The van der Waals surface area contributed by atoms with Gasteiger partial charge in [0, 0.05) is 37.5 Å². The summed E-state index contributed by atoms with van der Waals surface area (Å²) in [5.74, 6) is -1.72. The number of rotatable bonds is 13. The van der Waals surface area contributed by atoms with Crippen molar-refractivity contribution in [2.75, 3.05) is 13.7 Å². The topological polar surface area (TPSA) is 151 Å². The van der Waals surface area contributed by atoms with Crippen LogP contribution in [-0.2, 0) is 30.4 Å². The Hall–Kier alpha value is -4.09. The molecule has 2 aliphatic rings. The maximum atomic E-state index is 14.1. The first kappa shape index (κ1) is 36.7. The molecular formula is C36H54N6O6. The zero-order valence-corrected chi connectivity index (χ0v) is 29.2. The molecule has 2 fully saturated rings. The van der Waals surface area contributed by atoms with Crippen molar-refractivity contribution in [3.63, 3.8) is 0 Å². The molecule has 0 radical (unpaired) electrons. The maximum Gasteiger partial charge on any atom is 0.246 e. The number of hydrogen-bond acceptors (Lipinski definition) is 6. The normalized spacial score (nSPS) is 23.6. The van der Waals surface area contributed by atoms with E-state index in [4.69, 9.17) is 4.84 Å². The number of nitrogens with zero attached hydrogens (tertiary/aromatic N) is 2. The first-order valence-corrected chi connectivity index (χ1v) is 17.7.